The van der Waals surface area contributed by atoms with Crippen molar-refractivity contribution in [2.24, 2.45) is 10.8 Å². The Balaban J connectivity index is 2.49. The van der Waals surface area contributed by atoms with E-state index in [0.29, 0.717) is 12.8 Å². The molecule has 21 heavy (non-hydrogen) atoms. The van der Waals surface area contributed by atoms with Crippen LogP contribution in [0.1, 0.15) is 73.1 Å². The molecule has 2 aliphatic carbocycles. The van der Waals surface area contributed by atoms with Crippen molar-refractivity contribution < 1.29 is 14.7 Å². The van der Waals surface area contributed by atoms with Crippen LogP contribution in [0.5, 0.6) is 0 Å². The number of hydrogen-bond donors (Lipinski definition) is 1. The first-order chi connectivity index (χ1) is 9.48. The van der Waals surface area contributed by atoms with E-state index >= 15 is 0 Å². The van der Waals surface area contributed by atoms with Crippen LogP contribution in [0.25, 0.3) is 0 Å². The van der Waals surface area contributed by atoms with Crippen LogP contribution in [-0.2, 0) is 9.59 Å². The lowest BCUT2D eigenvalue weighted by atomic mass is 9.56. The molecule has 0 spiro atoms. The van der Waals surface area contributed by atoms with Crippen LogP contribution in [0.15, 0.2) is 11.1 Å². The molecule has 1 fully saturated rings. The lowest BCUT2D eigenvalue weighted by molar-refractivity contribution is -0.131. The standard InChI is InChI=1S/C18H28O3/c1-12(19)9-13-10-17(4)7-6-8-18(17,5)15(20)14(13)11-16(2,3)21/h21H,6-11H2,1-5H3/t17-,18-/m1/s1. The first-order valence-corrected chi connectivity index (χ1v) is 7.96. The maximum atomic E-state index is 13.1. The normalized spacial score (nSPS) is 33.3. The van der Waals surface area contributed by atoms with E-state index in [4.69, 9.17) is 0 Å². The second-order valence-corrected chi connectivity index (χ2v) is 8.20. The second-order valence-electron chi connectivity index (χ2n) is 8.20. The van der Waals surface area contributed by atoms with Crippen LogP contribution in [0.3, 0.4) is 0 Å². The summed E-state index contributed by atoms with van der Waals surface area (Å²) in [6.45, 7) is 9.30. The Labute approximate surface area is 127 Å². The molecule has 3 nitrogen and oxygen atoms in total. The highest BCUT2D eigenvalue weighted by Gasteiger charge is 2.56. The first kappa shape index (κ1) is 16.4. The molecule has 118 valence electrons. The third-order valence-corrected chi connectivity index (χ3v) is 5.61. The molecular formula is C18H28O3. The Bertz CT molecular complexity index is 509. The lowest BCUT2D eigenvalue weighted by Crippen LogP contribution is -2.45. The third kappa shape index (κ3) is 2.85. The summed E-state index contributed by atoms with van der Waals surface area (Å²) in [7, 11) is 0. The van der Waals surface area contributed by atoms with Gasteiger partial charge in [0.05, 0.1) is 5.60 Å². The molecule has 0 heterocycles. The van der Waals surface area contributed by atoms with Gasteiger partial charge in [-0.05, 0) is 51.0 Å². The maximum absolute atomic E-state index is 13.1. The highest BCUT2D eigenvalue weighted by Crippen LogP contribution is 2.60. The van der Waals surface area contributed by atoms with Crippen molar-refractivity contribution in [2.45, 2.75) is 78.7 Å². The van der Waals surface area contributed by atoms with Gasteiger partial charge < -0.3 is 5.11 Å². The molecule has 0 unspecified atom stereocenters. The number of Topliss-reactive ketones (excluding diaryl/α,β-unsaturated/α-hetero) is 2. The summed E-state index contributed by atoms with van der Waals surface area (Å²) in [5.74, 6) is 0.267. The van der Waals surface area contributed by atoms with E-state index in [1.807, 2.05) is 0 Å². The van der Waals surface area contributed by atoms with Crippen LogP contribution in [0, 0.1) is 10.8 Å². The number of aliphatic hydroxyl groups is 1. The number of fused-ring (bicyclic) bond motifs is 1. The summed E-state index contributed by atoms with van der Waals surface area (Å²) in [6, 6.07) is 0. The minimum absolute atomic E-state index is 0.0298. The van der Waals surface area contributed by atoms with Gasteiger partial charge in [0.15, 0.2) is 5.78 Å². The average molecular weight is 292 g/mol. The Hall–Kier alpha value is -0.960. The predicted octanol–water partition coefficient (Wildman–Crippen LogP) is 3.59. The third-order valence-electron chi connectivity index (χ3n) is 5.61. The van der Waals surface area contributed by atoms with Gasteiger partial charge in [-0.1, -0.05) is 25.8 Å². The number of carbonyl (C=O) groups excluding carboxylic acids is 2. The van der Waals surface area contributed by atoms with Crippen molar-refractivity contribution in [3.05, 3.63) is 11.1 Å². The molecule has 0 aromatic heterocycles. The number of rotatable bonds is 4. The van der Waals surface area contributed by atoms with Gasteiger partial charge in [-0.25, -0.2) is 0 Å². The zero-order valence-corrected chi connectivity index (χ0v) is 14.0. The van der Waals surface area contributed by atoms with Gasteiger partial charge in [-0.2, -0.15) is 0 Å². The fourth-order valence-corrected chi connectivity index (χ4v) is 4.26. The fraction of sp³-hybridized carbons (Fsp3) is 0.778. The fourth-order valence-electron chi connectivity index (χ4n) is 4.26. The first-order valence-electron chi connectivity index (χ1n) is 7.96. The lowest BCUT2D eigenvalue weighted by Gasteiger charge is -2.46. The minimum Gasteiger partial charge on any atom is -0.390 e. The van der Waals surface area contributed by atoms with Crippen molar-refractivity contribution in [3.8, 4) is 0 Å². The Morgan fingerprint density at radius 1 is 1.29 bits per heavy atom. The van der Waals surface area contributed by atoms with Gasteiger partial charge in [-0.3, -0.25) is 9.59 Å². The van der Waals surface area contributed by atoms with Gasteiger partial charge in [0.25, 0.3) is 0 Å². The van der Waals surface area contributed by atoms with Crippen LogP contribution >= 0.6 is 0 Å². The molecule has 0 aliphatic heterocycles. The summed E-state index contributed by atoms with van der Waals surface area (Å²) in [4.78, 5) is 24.7. The molecular weight excluding hydrogens is 264 g/mol. The SMILES string of the molecule is CC(=O)CC1=C(CC(C)(C)O)C(=O)[C@@]2(C)CCC[C@]2(C)C1. The van der Waals surface area contributed by atoms with Crippen LogP contribution in [0.4, 0.5) is 0 Å². The molecule has 1 N–H and O–H groups in total. The zero-order valence-electron chi connectivity index (χ0n) is 14.0. The van der Waals surface area contributed by atoms with Crippen LogP contribution in [0.2, 0.25) is 0 Å². The van der Waals surface area contributed by atoms with Gasteiger partial charge in [0.2, 0.25) is 0 Å². The molecule has 0 aromatic rings. The minimum atomic E-state index is -0.921. The van der Waals surface area contributed by atoms with Crippen LogP contribution < -0.4 is 0 Å². The molecule has 1 saturated carbocycles. The van der Waals surface area contributed by atoms with E-state index < -0.39 is 5.60 Å². The maximum Gasteiger partial charge on any atom is 0.165 e. The summed E-state index contributed by atoms with van der Waals surface area (Å²) >= 11 is 0. The van der Waals surface area contributed by atoms with Crippen molar-refractivity contribution in [2.75, 3.05) is 0 Å². The van der Waals surface area contributed by atoms with E-state index in [9.17, 15) is 14.7 Å². The molecule has 2 rings (SSSR count). The molecule has 0 amide bonds. The van der Waals surface area contributed by atoms with Crippen LogP contribution in [-0.4, -0.2) is 22.3 Å². The number of allylic oxidation sites excluding steroid dienone is 1. The van der Waals surface area contributed by atoms with Gasteiger partial charge in [-0.15, -0.1) is 0 Å². The van der Waals surface area contributed by atoms with Gasteiger partial charge in [0.1, 0.15) is 5.78 Å². The largest absolute Gasteiger partial charge is 0.390 e. The molecule has 2 atom stereocenters. The van der Waals surface area contributed by atoms with E-state index in [1.165, 1.54) is 0 Å². The molecule has 0 bridgehead atoms. The van der Waals surface area contributed by atoms with E-state index in [1.54, 1.807) is 20.8 Å². The number of carbonyl (C=O) groups is 2. The second kappa shape index (κ2) is 5.05. The summed E-state index contributed by atoms with van der Waals surface area (Å²) in [5, 5.41) is 10.2. The van der Waals surface area contributed by atoms with Gasteiger partial charge >= 0.3 is 0 Å². The highest BCUT2D eigenvalue weighted by molar-refractivity contribution is 6.03. The zero-order chi connectivity index (χ0) is 16.1. The summed E-state index contributed by atoms with van der Waals surface area (Å²) in [6.07, 6.45) is 4.56. The summed E-state index contributed by atoms with van der Waals surface area (Å²) < 4.78 is 0. The Morgan fingerprint density at radius 3 is 2.43 bits per heavy atom. The number of ketones is 2. The molecule has 3 heteroatoms. The van der Waals surface area contributed by atoms with E-state index in [2.05, 4.69) is 13.8 Å². The van der Waals surface area contributed by atoms with E-state index in [0.717, 1.165) is 36.8 Å². The summed E-state index contributed by atoms with van der Waals surface area (Å²) in [5.41, 5.74) is 0.415. The quantitative estimate of drug-likeness (QED) is 0.861. The smallest absolute Gasteiger partial charge is 0.165 e. The Kier molecular flexibility index (Phi) is 3.94. The van der Waals surface area contributed by atoms with E-state index in [-0.39, 0.29) is 22.4 Å². The monoisotopic (exact) mass is 292 g/mol. The van der Waals surface area contributed by atoms with Crippen molar-refractivity contribution in [3.63, 3.8) is 0 Å². The molecule has 2 aliphatic rings. The average Bonchev–Trinajstić information content (AvgIpc) is 2.60. The number of hydrogen-bond acceptors (Lipinski definition) is 3. The van der Waals surface area contributed by atoms with Gasteiger partial charge in [0, 0.05) is 18.3 Å². The van der Waals surface area contributed by atoms with Crippen molar-refractivity contribution in [1.29, 1.82) is 0 Å². The van der Waals surface area contributed by atoms with Crippen molar-refractivity contribution >= 4 is 11.6 Å². The predicted molar refractivity (Wildman–Crippen MR) is 82.9 cm³/mol. The van der Waals surface area contributed by atoms with Crippen molar-refractivity contribution in [1.82, 2.24) is 0 Å². The topological polar surface area (TPSA) is 54.4 Å². The molecule has 0 saturated heterocycles. The molecule has 0 radical (unpaired) electrons. The highest BCUT2D eigenvalue weighted by atomic mass is 16.3. The molecule has 0 aromatic carbocycles. The Morgan fingerprint density at radius 2 is 1.90 bits per heavy atom.